The second-order valence-corrected chi connectivity index (χ2v) is 1.80. The van der Waals surface area contributed by atoms with Crippen molar-refractivity contribution in [2.75, 3.05) is 6.54 Å². The van der Waals surface area contributed by atoms with Crippen LogP contribution < -0.4 is 5.73 Å². The standard InChI is InChI=1S/C4H2N2O2.C2H5NO2/c7-3-1-2-5-6-4(3)8;3-1-2(4)5/h1-2H;1,3H2,(H,4,5). The topological polar surface area (TPSA) is 122 Å². The van der Waals surface area contributed by atoms with Gasteiger partial charge < -0.3 is 10.8 Å². The average molecular weight is 185 g/mol. The van der Waals surface area contributed by atoms with Crippen LogP contribution in [0.1, 0.15) is 0 Å². The molecule has 0 radical (unpaired) electrons. The quantitative estimate of drug-likeness (QED) is 0.512. The predicted octanol–water partition coefficient (Wildman–Crippen LogP) is -0.909. The Morgan fingerprint density at radius 2 is 2.08 bits per heavy atom. The minimum Gasteiger partial charge on any atom is -0.480 e. The van der Waals surface area contributed by atoms with E-state index in [0.717, 1.165) is 6.08 Å². The number of ketones is 1. The molecule has 3 N–H and O–H groups in total. The van der Waals surface area contributed by atoms with E-state index in [2.05, 4.69) is 16.0 Å². The molecule has 13 heavy (non-hydrogen) atoms. The summed E-state index contributed by atoms with van der Waals surface area (Å²) >= 11 is 0. The molecule has 1 aliphatic rings. The van der Waals surface area contributed by atoms with Crippen molar-refractivity contribution in [2.45, 2.75) is 0 Å². The van der Waals surface area contributed by atoms with Crippen molar-refractivity contribution in [3.05, 3.63) is 12.3 Å². The molecule has 0 aromatic rings. The number of hydrogen-bond donors (Lipinski definition) is 2. The van der Waals surface area contributed by atoms with Crippen LogP contribution in [0.15, 0.2) is 22.5 Å². The van der Waals surface area contributed by atoms with Crippen molar-refractivity contribution in [1.29, 1.82) is 0 Å². The lowest BCUT2D eigenvalue weighted by Gasteiger charge is -1.86. The summed E-state index contributed by atoms with van der Waals surface area (Å²) in [6.07, 6.45) is 2.26. The molecule has 1 aliphatic heterocycles. The zero-order chi connectivity index (χ0) is 10.3. The Labute approximate surface area is 72.9 Å². The Bertz CT molecular complexity index is 260. The van der Waals surface area contributed by atoms with Crippen LogP contribution >= 0.6 is 0 Å². The third-order valence-corrected chi connectivity index (χ3v) is 0.827. The van der Waals surface area contributed by atoms with Crippen LogP contribution in [0.3, 0.4) is 0 Å². The molecule has 0 saturated carbocycles. The molecule has 7 heteroatoms. The highest BCUT2D eigenvalue weighted by Gasteiger charge is 2.10. The van der Waals surface area contributed by atoms with Gasteiger partial charge in [0.1, 0.15) is 0 Å². The Balaban J connectivity index is 0.000000252. The fourth-order valence-corrected chi connectivity index (χ4v) is 0.307. The maximum Gasteiger partial charge on any atom is 0.335 e. The summed E-state index contributed by atoms with van der Waals surface area (Å²) in [5.41, 5.74) is 4.57. The highest BCUT2D eigenvalue weighted by atomic mass is 16.4. The third kappa shape index (κ3) is 5.39. The van der Waals surface area contributed by atoms with E-state index in [0.29, 0.717) is 0 Å². The van der Waals surface area contributed by atoms with E-state index in [1.54, 1.807) is 0 Å². The fourth-order valence-electron chi connectivity index (χ4n) is 0.307. The first-order valence-electron chi connectivity index (χ1n) is 3.15. The zero-order valence-electron chi connectivity index (χ0n) is 6.51. The average Bonchev–Trinajstić information content (AvgIpc) is 2.11. The molecule has 0 aromatic carbocycles. The zero-order valence-corrected chi connectivity index (χ0v) is 6.51. The highest BCUT2D eigenvalue weighted by molar-refractivity contribution is 6.41. The van der Waals surface area contributed by atoms with Crippen molar-refractivity contribution in [2.24, 2.45) is 16.0 Å². The number of carbonyl (C=O) groups excluding carboxylic acids is 2. The summed E-state index contributed by atoms with van der Waals surface area (Å²) < 4.78 is 0. The lowest BCUT2D eigenvalue weighted by Crippen LogP contribution is -2.10. The van der Waals surface area contributed by atoms with Crippen LogP contribution in [0.25, 0.3) is 0 Å². The Morgan fingerprint density at radius 3 is 2.31 bits per heavy atom. The predicted molar refractivity (Wildman–Crippen MR) is 40.7 cm³/mol. The summed E-state index contributed by atoms with van der Waals surface area (Å²) in [6.45, 7) is -0.278. The Morgan fingerprint density at radius 1 is 1.54 bits per heavy atom. The molecular formula is C6H7N3O4. The number of carbonyl (C=O) groups is 3. The fraction of sp³-hybridized carbons (Fsp3) is 0.167. The van der Waals surface area contributed by atoms with Gasteiger partial charge in [-0.2, -0.15) is 5.11 Å². The Hall–Kier alpha value is -1.89. The van der Waals surface area contributed by atoms with Gasteiger partial charge in [-0.3, -0.25) is 14.4 Å². The first-order valence-corrected chi connectivity index (χ1v) is 3.15. The van der Waals surface area contributed by atoms with Gasteiger partial charge in [0.05, 0.1) is 12.7 Å². The van der Waals surface area contributed by atoms with Crippen LogP contribution in [-0.2, 0) is 14.4 Å². The van der Waals surface area contributed by atoms with E-state index in [1.165, 1.54) is 6.20 Å². The van der Waals surface area contributed by atoms with Gasteiger partial charge in [-0.15, -0.1) is 5.11 Å². The molecule has 1 rings (SSSR count). The number of azo groups is 1. The summed E-state index contributed by atoms with van der Waals surface area (Å²) in [5, 5.41) is 13.7. The van der Waals surface area contributed by atoms with E-state index in [1.807, 2.05) is 0 Å². The van der Waals surface area contributed by atoms with Gasteiger partial charge in [-0.25, -0.2) is 0 Å². The highest BCUT2D eigenvalue weighted by Crippen LogP contribution is 1.91. The molecule has 1 amide bonds. The molecule has 7 nitrogen and oxygen atoms in total. The third-order valence-electron chi connectivity index (χ3n) is 0.827. The number of amides is 1. The van der Waals surface area contributed by atoms with Crippen molar-refractivity contribution in [3.8, 4) is 0 Å². The van der Waals surface area contributed by atoms with Gasteiger partial charge in [0.15, 0.2) is 0 Å². The molecular weight excluding hydrogens is 178 g/mol. The van der Waals surface area contributed by atoms with Crippen molar-refractivity contribution in [1.82, 2.24) is 0 Å². The molecule has 0 bridgehead atoms. The second-order valence-electron chi connectivity index (χ2n) is 1.80. The van der Waals surface area contributed by atoms with Gasteiger partial charge in [0.25, 0.3) is 0 Å². The molecule has 0 aromatic heterocycles. The molecule has 0 spiro atoms. The number of carboxylic acid groups (broad SMARTS) is 1. The summed E-state index contributed by atoms with van der Waals surface area (Å²) in [4.78, 5) is 29.6. The number of nitrogens with two attached hydrogens (primary N) is 1. The molecule has 0 saturated heterocycles. The van der Waals surface area contributed by atoms with E-state index >= 15 is 0 Å². The number of aliphatic carboxylic acids is 1. The van der Waals surface area contributed by atoms with Crippen LogP contribution in [0.2, 0.25) is 0 Å². The number of carboxylic acids is 1. The van der Waals surface area contributed by atoms with Gasteiger partial charge in [0.2, 0.25) is 5.78 Å². The van der Waals surface area contributed by atoms with Crippen LogP contribution in [0.5, 0.6) is 0 Å². The lowest BCUT2D eigenvalue weighted by molar-refractivity contribution is -0.135. The first-order chi connectivity index (χ1) is 6.07. The van der Waals surface area contributed by atoms with Gasteiger partial charge >= 0.3 is 11.9 Å². The largest absolute Gasteiger partial charge is 0.480 e. The van der Waals surface area contributed by atoms with Gasteiger partial charge in [-0.05, 0) is 0 Å². The minimum atomic E-state index is -0.968. The first kappa shape index (κ1) is 11.1. The summed E-state index contributed by atoms with van der Waals surface area (Å²) in [7, 11) is 0. The molecule has 0 aliphatic carbocycles. The van der Waals surface area contributed by atoms with Crippen molar-refractivity contribution < 1.29 is 19.5 Å². The Kier molecular flexibility index (Phi) is 4.89. The van der Waals surface area contributed by atoms with E-state index in [9.17, 15) is 14.4 Å². The van der Waals surface area contributed by atoms with Crippen molar-refractivity contribution >= 4 is 17.7 Å². The molecule has 0 unspecified atom stereocenters. The lowest BCUT2D eigenvalue weighted by atomic mass is 10.3. The monoisotopic (exact) mass is 185 g/mol. The number of hydrogen-bond acceptors (Lipinski definition) is 5. The van der Waals surface area contributed by atoms with Crippen molar-refractivity contribution in [3.63, 3.8) is 0 Å². The minimum absolute atomic E-state index is 0.278. The maximum absolute atomic E-state index is 10.2. The van der Waals surface area contributed by atoms with Crippen LogP contribution in [0, 0.1) is 0 Å². The summed E-state index contributed by atoms with van der Waals surface area (Å²) in [5.74, 6) is -2.38. The molecule has 70 valence electrons. The SMILES string of the molecule is NCC(=O)O.O=C1C=CN=NC1=O. The summed E-state index contributed by atoms with van der Waals surface area (Å²) in [6, 6.07) is 0. The second kappa shape index (κ2) is 5.72. The molecule has 0 fully saturated rings. The number of rotatable bonds is 1. The number of nitrogens with zero attached hydrogens (tertiary/aromatic N) is 2. The van der Waals surface area contributed by atoms with Gasteiger partial charge in [0, 0.05) is 6.08 Å². The van der Waals surface area contributed by atoms with E-state index in [-0.39, 0.29) is 6.54 Å². The van der Waals surface area contributed by atoms with Gasteiger partial charge in [-0.1, -0.05) is 0 Å². The van der Waals surface area contributed by atoms with Crippen LogP contribution in [0.4, 0.5) is 0 Å². The molecule has 0 atom stereocenters. The van der Waals surface area contributed by atoms with E-state index in [4.69, 9.17) is 5.11 Å². The maximum atomic E-state index is 10.2. The van der Waals surface area contributed by atoms with E-state index < -0.39 is 17.7 Å². The molecule has 1 heterocycles. The van der Waals surface area contributed by atoms with Crippen LogP contribution in [-0.4, -0.2) is 29.3 Å². The smallest absolute Gasteiger partial charge is 0.335 e. The normalized spacial score (nSPS) is 13.6.